The molecule has 3 fully saturated rings. The van der Waals surface area contributed by atoms with Crippen LogP contribution in [0.3, 0.4) is 0 Å². The first-order valence-corrected chi connectivity index (χ1v) is 10.2. The van der Waals surface area contributed by atoms with Gasteiger partial charge in [0.25, 0.3) is 0 Å². The third-order valence-electron chi connectivity index (χ3n) is 5.74. The molecule has 1 aromatic rings. The monoisotopic (exact) mass is 335 g/mol. The summed E-state index contributed by atoms with van der Waals surface area (Å²) in [6, 6.07) is 6.05. The first-order chi connectivity index (χ1) is 11.1. The van der Waals surface area contributed by atoms with Gasteiger partial charge in [-0.3, -0.25) is 9.88 Å². The van der Waals surface area contributed by atoms with Crippen LogP contribution in [0.15, 0.2) is 24.4 Å². The van der Waals surface area contributed by atoms with Crippen LogP contribution in [0.25, 0.3) is 0 Å². The number of rotatable bonds is 4. The Labute approximate surface area is 138 Å². The number of likely N-dealkylation sites (tertiary alicyclic amines) is 1. The fourth-order valence-corrected chi connectivity index (χ4v) is 5.96. The summed E-state index contributed by atoms with van der Waals surface area (Å²) in [6.07, 6.45) is 6.83. The quantitative estimate of drug-likeness (QED) is 0.843. The minimum absolute atomic E-state index is 0.0677. The smallest absolute Gasteiger partial charge is 0.216 e. The lowest BCUT2D eigenvalue weighted by Crippen LogP contribution is -2.42. The molecule has 1 saturated carbocycles. The van der Waals surface area contributed by atoms with E-state index in [4.69, 9.17) is 0 Å². The second kappa shape index (κ2) is 5.83. The first-order valence-electron chi connectivity index (χ1n) is 8.69. The number of nitrogens with zero attached hydrogens (tertiary/aromatic N) is 3. The molecular weight excluding hydrogens is 310 g/mol. The van der Waals surface area contributed by atoms with Gasteiger partial charge in [-0.25, -0.2) is 12.7 Å². The highest BCUT2D eigenvalue weighted by molar-refractivity contribution is 7.90. The van der Waals surface area contributed by atoms with E-state index >= 15 is 0 Å². The van der Waals surface area contributed by atoms with Crippen LogP contribution in [0.2, 0.25) is 0 Å². The average Bonchev–Trinajstić information content (AvgIpc) is 3.34. The van der Waals surface area contributed by atoms with Crippen molar-refractivity contribution in [1.82, 2.24) is 14.2 Å². The molecule has 2 aliphatic heterocycles. The van der Waals surface area contributed by atoms with Gasteiger partial charge in [0.2, 0.25) is 10.0 Å². The van der Waals surface area contributed by atoms with Crippen LogP contribution in [0, 0.1) is 5.41 Å². The summed E-state index contributed by atoms with van der Waals surface area (Å²) in [4.78, 5) is 6.85. The van der Waals surface area contributed by atoms with E-state index in [9.17, 15) is 8.42 Å². The number of pyridine rings is 1. The van der Waals surface area contributed by atoms with E-state index in [-0.39, 0.29) is 10.7 Å². The Morgan fingerprint density at radius 3 is 2.52 bits per heavy atom. The molecule has 1 aliphatic carbocycles. The van der Waals surface area contributed by atoms with E-state index in [1.165, 1.54) is 0 Å². The molecule has 23 heavy (non-hydrogen) atoms. The van der Waals surface area contributed by atoms with Crippen molar-refractivity contribution in [3.8, 4) is 0 Å². The molecule has 0 radical (unpaired) electrons. The minimum Gasteiger partial charge on any atom is -0.297 e. The highest BCUT2D eigenvalue weighted by Crippen LogP contribution is 2.43. The van der Waals surface area contributed by atoms with Crippen molar-refractivity contribution in [2.75, 3.05) is 26.2 Å². The Morgan fingerprint density at radius 2 is 1.87 bits per heavy atom. The normalized spacial score (nSPS) is 25.9. The molecule has 0 N–H and O–H groups in total. The highest BCUT2D eigenvalue weighted by atomic mass is 32.2. The average molecular weight is 335 g/mol. The van der Waals surface area contributed by atoms with Gasteiger partial charge in [0.05, 0.1) is 10.9 Å². The molecule has 1 spiro atoms. The molecule has 0 atom stereocenters. The van der Waals surface area contributed by atoms with Gasteiger partial charge in [-0.05, 0) is 62.7 Å². The lowest BCUT2D eigenvalue weighted by molar-refractivity contribution is 0.108. The van der Waals surface area contributed by atoms with E-state index in [2.05, 4.69) is 16.0 Å². The van der Waals surface area contributed by atoms with E-state index in [0.29, 0.717) is 0 Å². The van der Waals surface area contributed by atoms with Gasteiger partial charge in [-0.15, -0.1) is 0 Å². The predicted octanol–water partition coefficient (Wildman–Crippen LogP) is 1.86. The standard InChI is InChI=1S/C17H25N3O2S/c21-23(22,16-4-5-16)20-12-8-17(14-20)6-10-19(11-7-17)13-15-3-1-2-9-18-15/h1-3,9,16H,4-8,10-14H2. The number of hydrogen-bond donors (Lipinski definition) is 0. The highest BCUT2D eigenvalue weighted by Gasteiger charge is 2.48. The van der Waals surface area contributed by atoms with Gasteiger partial charge in [-0.1, -0.05) is 6.07 Å². The fraction of sp³-hybridized carbons (Fsp3) is 0.706. The van der Waals surface area contributed by atoms with Gasteiger partial charge < -0.3 is 0 Å². The van der Waals surface area contributed by atoms with Crippen LogP contribution in [0.5, 0.6) is 0 Å². The van der Waals surface area contributed by atoms with Gasteiger partial charge in [0, 0.05) is 25.8 Å². The maximum absolute atomic E-state index is 12.4. The first kappa shape index (κ1) is 15.5. The second-order valence-electron chi connectivity index (χ2n) is 7.43. The van der Waals surface area contributed by atoms with Gasteiger partial charge in [0.15, 0.2) is 0 Å². The van der Waals surface area contributed by atoms with Crippen molar-refractivity contribution >= 4 is 10.0 Å². The third-order valence-corrected chi connectivity index (χ3v) is 8.08. The van der Waals surface area contributed by atoms with Crippen LogP contribution in [-0.4, -0.2) is 54.0 Å². The molecule has 3 heterocycles. The zero-order valence-corrected chi connectivity index (χ0v) is 14.3. The molecule has 1 aromatic heterocycles. The third kappa shape index (κ3) is 3.16. The van der Waals surface area contributed by atoms with Crippen LogP contribution >= 0.6 is 0 Å². The van der Waals surface area contributed by atoms with E-state index in [0.717, 1.165) is 70.5 Å². The topological polar surface area (TPSA) is 53.5 Å². The lowest BCUT2D eigenvalue weighted by Gasteiger charge is -2.39. The van der Waals surface area contributed by atoms with Gasteiger partial charge >= 0.3 is 0 Å². The van der Waals surface area contributed by atoms with Crippen molar-refractivity contribution in [3.63, 3.8) is 0 Å². The lowest BCUT2D eigenvalue weighted by atomic mass is 9.78. The van der Waals surface area contributed by atoms with Crippen molar-refractivity contribution in [1.29, 1.82) is 0 Å². The Hall–Kier alpha value is -0.980. The fourth-order valence-electron chi connectivity index (χ4n) is 4.00. The summed E-state index contributed by atoms with van der Waals surface area (Å²) < 4.78 is 26.7. The molecule has 2 saturated heterocycles. The number of sulfonamides is 1. The molecule has 0 aromatic carbocycles. The summed E-state index contributed by atoms with van der Waals surface area (Å²) >= 11 is 0. The predicted molar refractivity (Wildman–Crippen MR) is 89.3 cm³/mol. The Balaban J connectivity index is 1.34. The maximum atomic E-state index is 12.4. The van der Waals surface area contributed by atoms with Crippen LogP contribution in [0.1, 0.15) is 37.8 Å². The molecule has 4 rings (SSSR count). The maximum Gasteiger partial charge on any atom is 0.216 e. The largest absolute Gasteiger partial charge is 0.297 e. The van der Waals surface area contributed by atoms with Crippen molar-refractivity contribution in [2.45, 2.75) is 43.9 Å². The summed E-state index contributed by atoms with van der Waals surface area (Å²) in [5.41, 5.74) is 1.34. The Bertz CT molecular complexity index is 650. The zero-order chi connectivity index (χ0) is 15.9. The molecule has 126 valence electrons. The molecule has 3 aliphatic rings. The van der Waals surface area contributed by atoms with Crippen molar-refractivity contribution in [3.05, 3.63) is 30.1 Å². The van der Waals surface area contributed by atoms with E-state index in [1.54, 1.807) is 4.31 Å². The van der Waals surface area contributed by atoms with Gasteiger partial charge in [-0.2, -0.15) is 0 Å². The SMILES string of the molecule is O=S(=O)(C1CC1)N1CCC2(CCN(Cc3ccccn3)CC2)C1. The van der Waals surface area contributed by atoms with E-state index in [1.807, 2.05) is 18.3 Å². The minimum atomic E-state index is -2.99. The number of aromatic nitrogens is 1. The molecule has 6 heteroatoms. The molecule has 0 bridgehead atoms. The van der Waals surface area contributed by atoms with Crippen LogP contribution in [0.4, 0.5) is 0 Å². The van der Waals surface area contributed by atoms with Crippen molar-refractivity contribution < 1.29 is 8.42 Å². The van der Waals surface area contributed by atoms with Crippen LogP contribution < -0.4 is 0 Å². The van der Waals surface area contributed by atoms with Crippen LogP contribution in [-0.2, 0) is 16.6 Å². The van der Waals surface area contributed by atoms with Crippen molar-refractivity contribution in [2.24, 2.45) is 5.41 Å². The summed E-state index contributed by atoms with van der Waals surface area (Å²) in [5, 5.41) is -0.0677. The summed E-state index contributed by atoms with van der Waals surface area (Å²) in [7, 11) is -2.99. The Kier molecular flexibility index (Phi) is 3.94. The molecular formula is C17H25N3O2S. The Morgan fingerprint density at radius 1 is 1.13 bits per heavy atom. The summed E-state index contributed by atoms with van der Waals surface area (Å²) in [5.74, 6) is 0. The molecule has 5 nitrogen and oxygen atoms in total. The second-order valence-corrected chi connectivity index (χ2v) is 9.64. The summed E-state index contributed by atoms with van der Waals surface area (Å²) in [6.45, 7) is 4.49. The number of hydrogen-bond acceptors (Lipinski definition) is 4. The molecule has 0 unspecified atom stereocenters. The number of piperidine rings is 1. The molecule has 0 amide bonds. The van der Waals surface area contributed by atoms with Gasteiger partial charge in [0.1, 0.15) is 0 Å². The zero-order valence-electron chi connectivity index (χ0n) is 13.5. The van der Waals surface area contributed by atoms with E-state index < -0.39 is 10.0 Å².